The molecule has 0 bridgehead atoms. The highest BCUT2D eigenvalue weighted by Crippen LogP contribution is 2.24. The maximum atomic E-state index is 12.5. The number of hydrogen-bond donors (Lipinski definition) is 4. The predicted molar refractivity (Wildman–Crippen MR) is 97.9 cm³/mol. The molecule has 0 atom stereocenters. The van der Waals surface area contributed by atoms with Crippen LogP contribution in [0.1, 0.15) is 12.8 Å². The van der Waals surface area contributed by atoms with E-state index in [2.05, 4.69) is 16.0 Å². The maximum absolute atomic E-state index is 12.5. The van der Waals surface area contributed by atoms with Crippen LogP contribution >= 0.6 is 0 Å². The van der Waals surface area contributed by atoms with Gasteiger partial charge in [0, 0.05) is 24.0 Å². The average Bonchev–Trinajstić information content (AvgIpc) is 3.41. The minimum absolute atomic E-state index is 0.0656. The number of urea groups is 1. The monoisotopic (exact) mass is 374 g/mol. The Kier molecular flexibility index (Phi) is 5.60. The van der Waals surface area contributed by atoms with Crippen LogP contribution in [-0.2, 0) is 14.3 Å². The van der Waals surface area contributed by atoms with E-state index in [9.17, 15) is 14.4 Å². The quantitative estimate of drug-likeness (QED) is 0.520. The van der Waals surface area contributed by atoms with E-state index in [0.717, 1.165) is 12.8 Å². The molecule has 144 valence electrons. The van der Waals surface area contributed by atoms with Crippen molar-refractivity contribution in [1.29, 1.82) is 0 Å². The number of anilines is 2. The van der Waals surface area contributed by atoms with Crippen LogP contribution in [0.3, 0.4) is 0 Å². The maximum Gasteiger partial charge on any atom is 0.337 e. The third-order valence-electron chi connectivity index (χ3n) is 4.26. The van der Waals surface area contributed by atoms with Crippen molar-refractivity contribution in [2.45, 2.75) is 18.9 Å². The number of carbonyl (C=O) groups excluding carboxylic acids is 3. The average molecular weight is 374 g/mol. The molecule has 1 aromatic rings. The van der Waals surface area contributed by atoms with E-state index in [-0.39, 0.29) is 43.0 Å². The molecule has 27 heavy (non-hydrogen) atoms. The molecule has 0 radical (unpaired) electrons. The summed E-state index contributed by atoms with van der Waals surface area (Å²) in [5, 5.41) is 17.6. The molecule has 0 unspecified atom stereocenters. The standard InChI is InChI=1S/C18H22N4O5/c1-27-17(25)14-10-22(7-8-23)16(24)15(14)19-12-3-2-4-13(9-12)21-18(26)20-11-5-6-11/h2-4,9,11,19,23H,5-8,10H2,1H3,(H2,20,21,26). The number of nitrogens with one attached hydrogen (secondary N) is 3. The number of aliphatic hydroxyl groups excluding tert-OH is 1. The van der Waals surface area contributed by atoms with Gasteiger partial charge in [0.15, 0.2) is 0 Å². The summed E-state index contributed by atoms with van der Waals surface area (Å²) in [6.07, 6.45) is 1.98. The van der Waals surface area contributed by atoms with Gasteiger partial charge in [-0.1, -0.05) is 6.07 Å². The molecule has 0 saturated heterocycles. The summed E-state index contributed by atoms with van der Waals surface area (Å²) in [5.41, 5.74) is 1.39. The van der Waals surface area contributed by atoms with Gasteiger partial charge in [-0.15, -0.1) is 0 Å². The van der Waals surface area contributed by atoms with Gasteiger partial charge in [0.05, 0.1) is 25.8 Å². The lowest BCUT2D eigenvalue weighted by atomic mass is 10.2. The van der Waals surface area contributed by atoms with E-state index >= 15 is 0 Å². The minimum atomic E-state index is -0.607. The minimum Gasteiger partial charge on any atom is -0.466 e. The number of benzene rings is 1. The number of ether oxygens (including phenoxy) is 1. The summed E-state index contributed by atoms with van der Waals surface area (Å²) < 4.78 is 4.75. The molecule has 4 N–H and O–H groups in total. The van der Waals surface area contributed by atoms with Crippen molar-refractivity contribution in [2.75, 3.05) is 37.4 Å². The summed E-state index contributed by atoms with van der Waals surface area (Å²) in [4.78, 5) is 37.8. The van der Waals surface area contributed by atoms with Crippen molar-refractivity contribution >= 4 is 29.3 Å². The normalized spacial score (nSPS) is 16.4. The summed E-state index contributed by atoms with van der Waals surface area (Å²) in [6, 6.07) is 6.78. The SMILES string of the molecule is COC(=O)C1=C(Nc2cccc(NC(=O)NC3CC3)c2)C(=O)N(CCO)C1. The largest absolute Gasteiger partial charge is 0.466 e. The molecule has 0 aromatic heterocycles. The van der Waals surface area contributed by atoms with E-state index in [1.54, 1.807) is 24.3 Å². The summed E-state index contributed by atoms with van der Waals surface area (Å²) >= 11 is 0. The summed E-state index contributed by atoms with van der Waals surface area (Å²) in [5.74, 6) is -1.00. The third kappa shape index (κ3) is 4.56. The first-order valence-corrected chi connectivity index (χ1v) is 8.68. The molecule has 9 nitrogen and oxygen atoms in total. The molecule has 3 rings (SSSR count). The second kappa shape index (κ2) is 8.09. The van der Waals surface area contributed by atoms with Gasteiger partial charge in [-0.05, 0) is 31.0 Å². The Morgan fingerprint density at radius 1 is 1.30 bits per heavy atom. The topological polar surface area (TPSA) is 120 Å². The zero-order chi connectivity index (χ0) is 19.4. The highest BCUT2D eigenvalue weighted by Gasteiger charge is 2.34. The fourth-order valence-electron chi connectivity index (χ4n) is 2.75. The third-order valence-corrected chi connectivity index (χ3v) is 4.26. The second-order valence-electron chi connectivity index (χ2n) is 6.37. The van der Waals surface area contributed by atoms with E-state index in [1.165, 1.54) is 12.0 Å². The molecule has 9 heteroatoms. The Hall–Kier alpha value is -3.07. The first kappa shape index (κ1) is 18.7. The van der Waals surface area contributed by atoms with Gasteiger partial charge in [-0.25, -0.2) is 9.59 Å². The lowest BCUT2D eigenvalue weighted by Gasteiger charge is -2.15. The van der Waals surface area contributed by atoms with Crippen LogP contribution in [0.25, 0.3) is 0 Å². The van der Waals surface area contributed by atoms with Crippen molar-refractivity contribution < 1.29 is 24.2 Å². The molecule has 1 fully saturated rings. The number of nitrogens with zero attached hydrogens (tertiary/aromatic N) is 1. The zero-order valence-electron chi connectivity index (χ0n) is 14.9. The molecular formula is C18H22N4O5. The van der Waals surface area contributed by atoms with Crippen LogP contribution in [-0.4, -0.2) is 60.8 Å². The number of methoxy groups -OCH3 is 1. The van der Waals surface area contributed by atoms with Gasteiger partial charge in [-0.2, -0.15) is 0 Å². The summed E-state index contributed by atoms with van der Waals surface area (Å²) in [7, 11) is 1.25. The number of aliphatic hydroxyl groups is 1. The first-order valence-electron chi connectivity index (χ1n) is 8.68. The van der Waals surface area contributed by atoms with Gasteiger partial charge in [0.1, 0.15) is 5.70 Å². The van der Waals surface area contributed by atoms with E-state index in [4.69, 9.17) is 9.84 Å². The van der Waals surface area contributed by atoms with Gasteiger partial charge >= 0.3 is 12.0 Å². The van der Waals surface area contributed by atoms with E-state index in [0.29, 0.717) is 11.4 Å². The van der Waals surface area contributed by atoms with Crippen LogP contribution in [0.15, 0.2) is 35.5 Å². The second-order valence-corrected chi connectivity index (χ2v) is 6.37. The number of esters is 1. The predicted octanol–water partition coefficient (Wildman–Crippen LogP) is 0.644. The molecular weight excluding hydrogens is 352 g/mol. The van der Waals surface area contributed by atoms with Gasteiger partial charge in [0.2, 0.25) is 0 Å². The van der Waals surface area contributed by atoms with Gasteiger partial charge in [0.25, 0.3) is 5.91 Å². The van der Waals surface area contributed by atoms with Crippen molar-refractivity contribution in [3.05, 3.63) is 35.5 Å². The Morgan fingerprint density at radius 3 is 2.70 bits per heavy atom. The van der Waals surface area contributed by atoms with Crippen LogP contribution in [0.2, 0.25) is 0 Å². The fraction of sp³-hybridized carbons (Fsp3) is 0.389. The molecule has 1 aliphatic heterocycles. The molecule has 1 heterocycles. The van der Waals surface area contributed by atoms with Crippen molar-refractivity contribution in [1.82, 2.24) is 10.2 Å². The highest BCUT2D eigenvalue weighted by molar-refractivity contribution is 6.08. The van der Waals surface area contributed by atoms with Gasteiger partial charge < -0.3 is 30.7 Å². The number of hydrogen-bond acceptors (Lipinski definition) is 6. The number of carbonyl (C=O) groups is 3. The highest BCUT2D eigenvalue weighted by atomic mass is 16.5. The van der Waals surface area contributed by atoms with Crippen molar-refractivity contribution in [3.8, 4) is 0 Å². The first-order chi connectivity index (χ1) is 13.0. The van der Waals surface area contributed by atoms with Crippen LogP contribution in [0.4, 0.5) is 16.2 Å². The van der Waals surface area contributed by atoms with Gasteiger partial charge in [-0.3, -0.25) is 4.79 Å². The Labute approximate surface area is 156 Å². The van der Waals surface area contributed by atoms with E-state index < -0.39 is 11.9 Å². The van der Waals surface area contributed by atoms with Crippen LogP contribution in [0.5, 0.6) is 0 Å². The zero-order valence-corrected chi connectivity index (χ0v) is 14.9. The molecule has 1 saturated carbocycles. The van der Waals surface area contributed by atoms with Crippen LogP contribution in [0, 0.1) is 0 Å². The fourth-order valence-corrected chi connectivity index (χ4v) is 2.75. The molecule has 1 aromatic carbocycles. The lowest BCUT2D eigenvalue weighted by Crippen LogP contribution is -2.31. The van der Waals surface area contributed by atoms with E-state index in [1.807, 2.05) is 0 Å². The lowest BCUT2D eigenvalue weighted by molar-refractivity contribution is -0.136. The number of amides is 3. The molecule has 3 amide bonds. The molecule has 0 spiro atoms. The van der Waals surface area contributed by atoms with Crippen molar-refractivity contribution in [3.63, 3.8) is 0 Å². The summed E-state index contributed by atoms with van der Waals surface area (Å²) in [6.45, 7) is -0.0213. The van der Waals surface area contributed by atoms with Crippen molar-refractivity contribution in [2.24, 2.45) is 0 Å². The Bertz CT molecular complexity index is 788. The Morgan fingerprint density at radius 2 is 2.04 bits per heavy atom. The number of β-amino-alcohol motifs (C(OH)–C–C–N with tert-alkyl or cyclic N) is 1. The molecule has 2 aliphatic rings. The number of rotatable bonds is 7. The smallest absolute Gasteiger partial charge is 0.337 e. The Balaban J connectivity index is 1.75. The molecule has 1 aliphatic carbocycles. The van der Waals surface area contributed by atoms with Crippen LogP contribution < -0.4 is 16.0 Å².